The number of hydrogen-bond acceptors (Lipinski definition) is 3. The van der Waals surface area contributed by atoms with Crippen LogP contribution in [0.2, 0.25) is 0 Å². The maximum atomic E-state index is 12.0. The monoisotopic (exact) mass is 313 g/mol. The molecule has 23 heavy (non-hydrogen) atoms. The van der Waals surface area contributed by atoms with Crippen molar-refractivity contribution in [1.82, 2.24) is 0 Å². The van der Waals surface area contributed by atoms with Crippen LogP contribution in [-0.2, 0) is 23.2 Å². The maximum absolute atomic E-state index is 12.0. The molecular formula is C19H23NO3. The average molecular weight is 313 g/mol. The summed E-state index contributed by atoms with van der Waals surface area (Å²) in [6.07, 6.45) is 2.31. The van der Waals surface area contributed by atoms with Crippen molar-refractivity contribution in [3.8, 4) is 0 Å². The number of carboxylic acids is 1. The molecule has 0 saturated heterocycles. The third kappa shape index (κ3) is 3.28. The fourth-order valence-electron chi connectivity index (χ4n) is 2.99. The number of aliphatic carboxylic acids is 1. The van der Waals surface area contributed by atoms with Gasteiger partial charge < -0.3 is 15.9 Å². The highest BCUT2D eigenvalue weighted by Crippen LogP contribution is 2.34. The topological polar surface area (TPSA) is 83.5 Å². The summed E-state index contributed by atoms with van der Waals surface area (Å²) < 4.78 is 0. The van der Waals surface area contributed by atoms with Crippen LogP contribution >= 0.6 is 0 Å². The van der Waals surface area contributed by atoms with Crippen molar-refractivity contribution in [3.05, 3.63) is 70.8 Å². The minimum atomic E-state index is -2.07. The van der Waals surface area contributed by atoms with Crippen LogP contribution in [0.3, 0.4) is 0 Å². The lowest BCUT2D eigenvalue weighted by molar-refractivity contribution is -0.155. The number of carboxylic acid groups (broad SMARTS) is 1. The van der Waals surface area contributed by atoms with E-state index in [1.807, 2.05) is 6.07 Å². The Labute approximate surface area is 136 Å². The summed E-state index contributed by atoms with van der Waals surface area (Å²) in [5.74, 6) is -1.28. The van der Waals surface area contributed by atoms with E-state index in [0.29, 0.717) is 24.1 Å². The van der Waals surface area contributed by atoms with Gasteiger partial charge in [-0.3, -0.25) is 0 Å². The molecule has 4 heteroatoms. The fraction of sp³-hybridized carbons (Fsp3) is 0.316. The first-order chi connectivity index (χ1) is 11.1. The number of benzene rings is 2. The number of aryl methyl sites for hydroxylation is 1. The molecule has 0 spiro atoms. The SMILES string of the molecule is CCCc1cccc(C(O)(C(=O)O)c2ccccc2)c1CCN. The van der Waals surface area contributed by atoms with E-state index in [0.717, 1.165) is 24.0 Å². The normalized spacial score (nSPS) is 13.5. The van der Waals surface area contributed by atoms with E-state index < -0.39 is 11.6 Å². The number of rotatable bonds is 7. The highest BCUT2D eigenvalue weighted by atomic mass is 16.4. The van der Waals surface area contributed by atoms with E-state index in [2.05, 4.69) is 6.92 Å². The van der Waals surface area contributed by atoms with Gasteiger partial charge in [-0.25, -0.2) is 4.79 Å². The standard InChI is InChI=1S/C19H23NO3/c1-2-7-14-8-6-11-17(16(14)12-13-20)19(23,18(21)22)15-9-4-3-5-10-15/h3-6,8-11,23H,2,7,12-13,20H2,1H3,(H,21,22). The smallest absolute Gasteiger partial charge is 0.345 e. The number of nitrogens with two attached hydrogens (primary N) is 1. The zero-order valence-corrected chi connectivity index (χ0v) is 13.3. The average Bonchev–Trinajstić information content (AvgIpc) is 2.56. The molecule has 0 bridgehead atoms. The Morgan fingerprint density at radius 3 is 2.35 bits per heavy atom. The number of carbonyl (C=O) groups is 1. The van der Waals surface area contributed by atoms with Gasteiger partial charge in [0, 0.05) is 5.56 Å². The summed E-state index contributed by atoms with van der Waals surface area (Å²) in [5.41, 5.74) is 6.29. The van der Waals surface area contributed by atoms with Gasteiger partial charge in [-0.05, 0) is 36.1 Å². The largest absolute Gasteiger partial charge is 0.479 e. The second-order valence-electron chi connectivity index (χ2n) is 5.61. The molecule has 4 nitrogen and oxygen atoms in total. The zero-order chi connectivity index (χ0) is 16.9. The van der Waals surface area contributed by atoms with Gasteiger partial charge in [0.15, 0.2) is 0 Å². The van der Waals surface area contributed by atoms with Crippen LogP contribution in [0.1, 0.15) is 35.6 Å². The number of aliphatic hydroxyl groups is 1. The predicted octanol–water partition coefficient (Wildman–Crippen LogP) is 2.46. The molecule has 2 aromatic rings. The van der Waals surface area contributed by atoms with Gasteiger partial charge in [0.05, 0.1) is 0 Å². The van der Waals surface area contributed by atoms with Crippen LogP contribution in [0.25, 0.3) is 0 Å². The van der Waals surface area contributed by atoms with Crippen molar-refractivity contribution in [3.63, 3.8) is 0 Å². The summed E-state index contributed by atoms with van der Waals surface area (Å²) in [4.78, 5) is 12.0. The first kappa shape index (κ1) is 17.2. The minimum absolute atomic E-state index is 0.347. The van der Waals surface area contributed by atoms with Crippen LogP contribution in [0.15, 0.2) is 48.5 Å². The van der Waals surface area contributed by atoms with Crippen LogP contribution in [0.4, 0.5) is 0 Å². The Balaban J connectivity index is 2.69. The van der Waals surface area contributed by atoms with E-state index in [9.17, 15) is 15.0 Å². The van der Waals surface area contributed by atoms with Crippen LogP contribution in [-0.4, -0.2) is 22.7 Å². The predicted molar refractivity (Wildman–Crippen MR) is 90.3 cm³/mol. The molecule has 1 atom stereocenters. The summed E-state index contributed by atoms with van der Waals surface area (Å²) in [5, 5.41) is 20.9. The van der Waals surface area contributed by atoms with Crippen molar-refractivity contribution in [1.29, 1.82) is 0 Å². The van der Waals surface area contributed by atoms with Gasteiger partial charge >= 0.3 is 5.97 Å². The second kappa shape index (κ2) is 7.40. The molecule has 0 aromatic heterocycles. The molecule has 0 radical (unpaired) electrons. The molecule has 0 amide bonds. The lowest BCUT2D eigenvalue weighted by Crippen LogP contribution is -2.38. The Hall–Kier alpha value is -2.17. The molecule has 2 aromatic carbocycles. The summed E-state index contributed by atoms with van der Waals surface area (Å²) in [7, 11) is 0. The molecule has 0 aliphatic rings. The van der Waals surface area contributed by atoms with E-state index in [1.54, 1.807) is 42.5 Å². The zero-order valence-electron chi connectivity index (χ0n) is 13.3. The van der Waals surface area contributed by atoms with Crippen LogP contribution in [0.5, 0.6) is 0 Å². The Morgan fingerprint density at radius 2 is 1.78 bits per heavy atom. The molecular weight excluding hydrogens is 290 g/mol. The van der Waals surface area contributed by atoms with Crippen LogP contribution < -0.4 is 5.73 Å². The van der Waals surface area contributed by atoms with Gasteiger partial charge in [-0.15, -0.1) is 0 Å². The van der Waals surface area contributed by atoms with E-state index in [-0.39, 0.29) is 0 Å². The van der Waals surface area contributed by atoms with Gasteiger partial charge in [0.1, 0.15) is 0 Å². The summed E-state index contributed by atoms with van der Waals surface area (Å²) in [6.45, 7) is 2.47. The third-order valence-electron chi connectivity index (χ3n) is 4.08. The van der Waals surface area contributed by atoms with Gasteiger partial charge in [-0.2, -0.15) is 0 Å². The van der Waals surface area contributed by atoms with Crippen LogP contribution in [0, 0.1) is 0 Å². The van der Waals surface area contributed by atoms with Crippen molar-refractivity contribution >= 4 is 5.97 Å². The molecule has 0 fully saturated rings. The van der Waals surface area contributed by atoms with Crippen molar-refractivity contribution in [2.45, 2.75) is 31.8 Å². The quantitative estimate of drug-likeness (QED) is 0.733. The molecule has 4 N–H and O–H groups in total. The third-order valence-corrected chi connectivity index (χ3v) is 4.08. The van der Waals surface area contributed by atoms with E-state index in [4.69, 9.17) is 5.73 Å². The first-order valence-corrected chi connectivity index (χ1v) is 7.88. The highest BCUT2D eigenvalue weighted by Gasteiger charge is 2.41. The Morgan fingerprint density at radius 1 is 1.09 bits per heavy atom. The molecule has 0 saturated carbocycles. The molecule has 0 aliphatic heterocycles. The lowest BCUT2D eigenvalue weighted by atomic mass is 9.80. The molecule has 0 aliphatic carbocycles. The fourth-order valence-corrected chi connectivity index (χ4v) is 2.99. The number of hydrogen-bond donors (Lipinski definition) is 3. The molecule has 2 rings (SSSR count). The van der Waals surface area contributed by atoms with E-state index in [1.165, 1.54) is 0 Å². The highest BCUT2D eigenvalue weighted by molar-refractivity contribution is 5.84. The lowest BCUT2D eigenvalue weighted by Gasteiger charge is -2.28. The van der Waals surface area contributed by atoms with Gasteiger partial charge in [-0.1, -0.05) is 61.9 Å². The molecule has 0 heterocycles. The molecule has 122 valence electrons. The van der Waals surface area contributed by atoms with Crippen molar-refractivity contribution in [2.75, 3.05) is 6.54 Å². The maximum Gasteiger partial charge on any atom is 0.345 e. The first-order valence-electron chi connectivity index (χ1n) is 7.88. The van der Waals surface area contributed by atoms with Gasteiger partial charge in [0.2, 0.25) is 5.60 Å². The second-order valence-corrected chi connectivity index (χ2v) is 5.61. The minimum Gasteiger partial charge on any atom is -0.479 e. The van der Waals surface area contributed by atoms with Crippen molar-refractivity contribution in [2.24, 2.45) is 5.73 Å². The summed E-state index contributed by atoms with van der Waals surface area (Å²) in [6, 6.07) is 14.0. The Kier molecular flexibility index (Phi) is 5.53. The van der Waals surface area contributed by atoms with Crippen molar-refractivity contribution < 1.29 is 15.0 Å². The Bertz CT molecular complexity index is 670. The molecule has 1 unspecified atom stereocenters. The van der Waals surface area contributed by atoms with E-state index >= 15 is 0 Å². The van der Waals surface area contributed by atoms with Gasteiger partial charge in [0.25, 0.3) is 0 Å². The summed E-state index contributed by atoms with van der Waals surface area (Å²) >= 11 is 0.